The lowest BCUT2D eigenvalue weighted by molar-refractivity contribution is -0.00576. The minimum Gasteiger partial charge on any atom is -0.496 e. The molecule has 7 heteroatoms. The molecule has 4 aromatic rings. The molecule has 0 spiro atoms. The summed E-state index contributed by atoms with van der Waals surface area (Å²) in [6.45, 7) is 5.70. The molecule has 2 atom stereocenters. The Balaban J connectivity index is 1.81. The highest BCUT2D eigenvalue weighted by atomic mass is 16.5. The van der Waals surface area contributed by atoms with Gasteiger partial charge in [0.1, 0.15) is 5.75 Å². The number of ether oxygens (including phenoxy) is 2. The van der Waals surface area contributed by atoms with Crippen molar-refractivity contribution >= 4 is 22.5 Å². The van der Waals surface area contributed by atoms with Crippen molar-refractivity contribution in [3.63, 3.8) is 0 Å². The first-order valence-corrected chi connectivity index (χ1v) is 9.83. The summed E-state index contributed by atoms with van der Waals surface area (Å²) < 4.78 is 13.6. The average Bonchev–Trinajstić information content (AvgIpc) is 3.17. The van der Waals surface area contributed by atoms with Gasteiger partial charge in [-0.25, -0.2) is 9.38 Å². The fourth-order valence-electron chi connectivity index (χ4n) is 4.12. The molecule has 7 nitrogen and oxygen atoms in total. The van der Waals surface area contributed by atoms with Crippen LogP contribution in [0.1, 0.15) is 13.8 Å². The molecule has 0 saturated carbocycles. The molecule has 0 unspecified atom stereocenters. The molecule has 0 bridgehead atoms. The first-order valence-electron chi connectivity index (χ1n) is 9.83. The standard InChI is InChI=1S/C22H23N5O2/c1-14-12-26(13-15(2)29-14)22-23-18-10-6-4-8-16(18)20-24-25-21(27(20)22)17-9-5-7-11-19(17)28-3/h4-11,14-15H,12-13H2,1-3H3/t14-,15-/m1/s1. The smallest absolute Gasteiger partial charge is 0.213 e. The van der Waals surface area contributed by atoms with Crippen LogP contribution >= 0.6 is 0 Å². The summed E-state index contributed by atoms with van der Waals surface area (Å²) in [6.07, 6.45) is 0.238. The number of fused-ring (bicyclic) bond motifs is 3. The van der Waals surface area contributed by atoms with Crippen LogP contribution in [0.5, 0.6) is 5.75 Å². The second-order valence-corrected chi connectivity index (χ2v) is 7.47. The van der Waals surface area contributed by atoms with E-state index in [0.29, 0.717) is 0 Å². The van der Waals surface area contributed by atoms with Crippen molar-refractivity contribution < 1.29 is 9.47 Å². The van der Waals surface area contributed by atoms with Gasteiger partial charge in [0.05, 0.1) is 30.4 Å². The summed E-state index contributed by atoms with van der Waals surface area (Å²) in [7, 11) is 1.67. The molecule has 1 aliphatic heterocycles. The monoisotopic (exact) mass is 389 g/mol. The van der Waals surface area contributed by atoms with Gasteiger partial charge in [-0.1, -0.05) is 24.3 Å². The third-order valence-electron chi connectivity index (χ3n) is 5.28. The highest BCUT2D eigenvalue weighted by Crippen LogP contribution is 2.33. The molecule has 29 heavy (non-hydrogen) atoms. The Kier molecular flexibility index (Phi) is 4.32. The predicted molar refractivity (Wildman–Crippen MR) is 112 cm³/mol. The lowest BCUT2D eigenvalue weighted by Gasteiger charge is -2.36. The molecular formula is C22H23N5O2. The number of methoxy groups -OCH3 is 1. The fraction of sp³-hybridized carbons (Fsp3) is 0.318. The first kappa shape index (κ1) is 17.9. The summed E-state index contributed by atoms with van der Waals surface area (Å²) in [5.74, 6) is 2.30. The largest absolute Gasteiger partial charge is 0.496 e. The third-order valence-corrected chi connectivity index (χ3v) is 5.28. The predicted octanol–water partition coefficient (Wildman–Crippen LogP) is 3.57. The molecule has 5 rings (SSSR count). The summed E-state index contributed by atoms with van der Waals surface area (Å²) in [6, 6.07) is 15.9. The Labute approximate surface area is 168 Å². The van der Waals surface area contributed by atoms with Crippen molar-refractivity contribution in [2.75, 3.05) is 25.1 Å². The SMILES string of the molecule is COc1ccccc1-c1nnc2c3ccccc3nc(N3C[C@@H](C)O[C@H](C)C3)n12. The van der Waals surface area contributed by atoms with Crippen LogP contribution in [-0.2, 0) is 4.74 Å². The number of anilines is 1. The third kappa shape index (κ3) is 2.98. The topological polar surface area (TPSA) is 64.8 Å². The van der Waals surface area contributed by atoms with Crippen LogP contribution in [0.2, 0.25) is 0 Å². The second kappa shape index (κ2) is 7.00. The number of benzene rings is 2. The van der Waals surface area contributed by atoms with Crippen molar-refractivity contribution in [3.8, 4) is 17.1 Å². The molecule has 3 heterocycles. The van der Waals surface area contributed by atoms with Crippen LogP contribution in [0.3, 0.4) is 0 Å². The van der Waals surface area contributed by atoms with Crippen LogP contribution in [-0.4, -0.2) is 52.0 Å². The van der Waals surface area contributed by atoms with E-state index >= 15 is 0 Å². The Morgan fingerprint density at radius 1 is 0.966 bits per heavy atom. The van der Waals surface area contributed by atoms with Gasteiger partial charge in [-0.15, -0.1) is 10.2 Å². The second-order valence-electron chi connectivity index (χ2n) is 7.47. The molecule has 2 aromatic carbocycles. The van der Waals surface area contributed by atoms with E-state index in [1.54, 1.807) is 7.11 Å². The summed E-state index contributed by atoms with van der Waals surface area (Å²) in [5, 5.41) is 10.1. The van der Waals surface area contributed by atoms with Gasteiger partial charge < -0.3 is 14.4 Å². The van der Waals surface area contributed by atoms with Crippen LogP contribution in [0.4, 0.5) is 5.95 Å². The van der Waals surface area contributed by atoms with Crippen LogP contribution in [0.15, 0.2) is 48.5 Å². The van der Waals surface area contributed by atoms with Crippen molar-refractivity contribution in [3.05, 3.63) is 48.5 Å². The van der Waals surface area contributed by atoms with E-state index in [9.17, 15) is 0 Å². The Hall–Kier alpha value is -3.19. The molecule has 1 aliphatic rings. The fourth-order valence-corrected chi connectivity index (χ4v) is 4.12. The van der Waals surface area contributed by atoms with Gasteiger partial charge in [0, 0.05) is 18.5 Å². The summed E-state index contributed by atoms with van der Waals surface area (Å²) in [5.41, 5.74) is 2.58. The highest BCUT2D eigenvalue weighted by Gasteiger charge is 2.27. The van der Waals surface area contributed by atoms with E-state index in [0.717, 1.165) is 52.7 Å². The minimum atomic E-state index is 0.119. The number of rotatable bonds is 3. The zero-order valence-corrected chi connectivity index (χ0v) is 16.7. The molecule has 1 saturated heterocycles. The Bertz CT molecular complexity index is 1180. The zero-order valence-electron chi connectivity index (χ0n) is 16.7. The van der Waals surface area contributed by atoms with E-state index in [1.165, 1.54) is 0 Å². The molecule has 0 N–H and O–H groups in total. The maximum Gasteiger partial charge on any atom is 0.213 e. The van der Waals surface area contributed by atoms with Gasteiger partial charge in [-0.05, 0) is 38.1 Å². The number of aromatic nitrogens is 4. The number of hydrogen-bond donors (Lipinski definition) is 0. The van der Waals surface area contributed by atoms with Crippen molar-refractivity contribution in [1.29, 1.82) is 0 Å². The van der Waals surface area contributed by atoms with Crippen LogP contribution in [0.25, 0.3) is 27.9 Å². The molecule has 148 valence electrons. The summed E-state index contributed by atoms with van der Waals surface area (Å²) >= 11 is 0. The van der Waals surface area contributed by atoms with Crippen molar-refractivity contribution in [2.45, 2.75) is 26.1 Å². The van der Waals surface area contributed by atoms with Gasteiger partial charge in [0.15, 0.2) is 11.5 Å². The van der Waals surface area contributed by atoms with E-state index in [1.807, 2.05) is 52.9 Å². The number of para-hydroxylation sites is 2. The van der Waals surface area contributed by atoms with Crippen LogP contribution < -0.4 is 9.64 Å². The lowest BCUT2D eigenvalue weighted by Crippen LogP contribution is -2.46. The maximum absolute atomic E-state index is 5.94. The van der Waals surface area contributed by atoms with Gasteiger partial charge in [-0.2, -0.15) is 0 Å². The van der Waals surface area contributed by atoms with E-state index in [4.69, 9.17) is 14.5 Å². The quantitative estimate of drug-likeness (QED) is 0.534. The number of morpholine rings is 1. The minimum absolute atomic E-state index is 0.119. The molecule has 2 aromatic heterocycles. The van der Waals surface area contributed by atoms with Gasteiger partial charge in [-0.3, -0.25) is 0 Å². The van der Waals surface area contributed by atoms with E-state index in [-0.39, 0.29) is 12.2 Å². The van der Waals surface area contributed by atoms with Crippen molar-refractivity contribution in [2.24, 2.45) is 0 Å². The lowest BCUT2D eigenvalue weighted by atomic mass is 10.2. The number of nitrogens with zero attached hydrogens (tertiary/aromatic N) is 5. The van der Waals surface area contributed by atoms with Gasteiger partial charge >= 0.3 is 0 Å². The maximum atomic E-state index is 5.94. The molecule has 0 amide bonds. The number of hydrogen-bond acceptors (Lipinski definition) is 6. The normalized spacial score (nSPS) is 19.8. The highest BCUT2D eigenvalue weighted by molar-refractivity contribution is 5.93. The Morgan fingerprint density at radius 3 is 2.48 bits per heavy atom. The van der Waals surface area contributed by atoms with Gasteiger partial charge in [0.25, 0.3) is 0 Å². The molecule has 1 fully saturated rings. The molecule has 0 aliphatic carbocycles. The van der Waals surface area contributed by atoms with E-state index in [2.05, 4.69) is 28.9 Å². The zero-order chi connectivity index (χ0) is 20.0. The van der Waals surface area contributed by atoms with Crippen molar-refractivity contribution in [1.82, 2.24) is 19.6 Å². The van der Waals surface area contributed by atoms with E-state index < -0.39 is 0 Å². The summed E-state index contributed by atoms with van der Waals surface area (Å²) in [4.78, 5) is 7.29. The average molecular weight is 389 g/mol. The Morgan fingerprint density at radius 2 is 1.69 bits per heavy atom. The molecule has 0 radical (unpaired) electrons. The first-order chi connectivity index (χ1) is 14.2. The van der Waals surface area contributed by atoms with Gasteiger partial charge in [0.2, 0.25) is 5.95 Å². The van der Waals surface area contributed by atoms with Crippen LogP contribution in [0, 0.1) is 0 Å². The molecular weight excluding hydrogens is 366 g/mol.